The fourth-order valence-electron chi connectivity index (χ4n) is 0.477. The number of rotatable bonds is 6. The van der Waals surface area contributed by atoms with Crippen molar-refractivity contribution in [2.24, 2.45) is 0 Å². The van der Waals surface area contributed by atoms with E-state index in [1.54, 1.807) is 0 Å². The van der Waals surface area contributed by atoms with Crippen LogP contribution in [0, 0.1) is 0 Å². The molecule has 0 aromatic rings. The third kappa shape index (κ3) is 36.0. The first-order valence-corrected chi connectivity index (χ1v) is 7.86. The number of aliphatic hydroxyl groups is 1. The van der Waals surface area contributed by atoms with E-state index in [1.807, 2.05) is 0 Å². The van der Waals surface area contributed by atoms with Gasteiger partial charge < -0.3 is 25.3 Å². The minimum absolute atomic E-state index is 0.268. The standard InChI is InChI=1S/C5H14N2O.2CH4O4S/c1-5(4-6)7-2-3-8;2*1-5-6(2,3)4/h5,7-8H,2-4,6H2,1H3;2*1H3,(H,2,3,4). The zero-order valence-electron chi connectivity index (χ0n) is 11.5. The maximum absolute atomic E-state index is 9.22. The van der Waals surface area contributed by atoms with Crippen molar-refractivity contribution in [3.8, 4) is 0 Å². The van der Waals surface area contributed by atoms with Gasteiger partial charge in [0, 0.05) is 0 Å². The minimum atomic E-state index is -4.41. The Morgan fingerprint density at radius 2 is 1.45 bits per heavy atom. The van der Waals surface area contributed by atoms with Gasteiger partial charge in [-0.15, -0.1) is 0 Å². The molecule has 0 heterocycles. The van der Waals surface area contributed by atoms with Gasteiger partial charge in [-0.05, 0) is 6.92 Å². The highest BCUT2D eigenvalue weighted by molar-refractivity contribution is 7.81. The Morgan fingerprint density at radius 1 is 1.15 bits per heavy atom. The van der Waals surface area contributed by atoms with Gasteiger partial charge in [0.15, 0.2) is 0 Å². The third-order valence-electron chi connectivity index (χ3n) is 1.56. The summed E-state index contributed by atoms with van der Waals surface area (Å²) in [6, 6.07) is 0.558. The average Bonchev–Trinajstić information content (AvgIpc) is 2.35. The molecule has 0 aliphatic rings. The SMILES string of the molecule is CC(C[NH3+])[NH2+]CCO.COS(=O)(=O)[O-].COS(=O)(=O)[O-]. The quantitative estimate of drug-likeness (QED) is 0.314. The Bertz CT molecular complexity index is 363. The molecule has 0 bridgehead atoms. The molecule has 0 radical (unpaired) electrons. The van der Waals surface area contributed by atoms with Crippen LogP contribution in [-0.2, 0) is 29.2 Å². The molecule has 0 spiro atoms. The van der Waals surface area contributed by atoms with Gasteiger partial charge in [0.1, 0.15) is 12.6 Å². The highest BCUT2D eigenvalue weighted by Crippen LogP contribution is 1.75. The summed E-state index contributed by atoms with van der Waals surface area (Å²) in [5, 5.41) is 10.4. The number of aliphatic hydroxyl groups excluding tert-OH is 1. The summed E-state index contributed by atoms with van der Waals surface area (Å²) in [6.07, 6.45) is 0. The summed E-state index contributed by atoms with van der Waals surface area (Å²) >= 11 is 0. The largest absolute Gasteiger partial charge is 0.726 e. The van der Waals surface area contributed by atoms with Crippen LogP contribution in [0.25, 0.3) is 0 Å². The molecule has 0 aromatic carbocycles. The first kappa shape index (κ1) is 24.6. The summed E-state index contributed by atoms with van der Waals surface area (Å²) in [4.78, 5) is 0. The molecule has 0 saturated carbocycles. The lowest BCUT2D eigenvalue weighted by Crippen LogP contribution is -2.93. The maximum atomic E-state index is 9.22. The van der Waals surface area contributed by atoms with Crippen molar-refractivity contribution in [3.63, 3.8) is 0 Å². The Balaban J connectivity index is -0.000000221. The molecule has 126 valence electrons. The highest BCUT2D eigenvalue weighted by Gasteiger charge is 2.00. The third-order valence-corrected chi connectivity index (χ3v) is 2.38. The molecular weight excluding hydrogens is 320 g/mol. The predicted octanol–water partition coefficient (Wildman–Crippen LogP) is -4.64. The van der Waals surface area contributed by atoms with Gasteiger partial charge in [-0.25, -0.2) is 16.8 Å². The molecule has 0 fully saturated rings. The topological polar surface area (TPSA) is 197 Å². The van der Waals surface area contributed by atoms with Crippen molar-refractivity contribution in [1.82, 2.24) is 0 Å². The zero-order chi connectivity index (χ0) is 16.8. The number of quaternary nitrogens is 2. The van der Waals surface area contributed by atoms with E-state index in [9.17, 15) is 25.9 Å². The van der Waals surface area contributed by atoms with E-state index in [0.29, 0.717) is 6.04 Å². The van der Waals surface area contributed by atoms with Gasteiger partial charge in [-0.1, -0.05) is 0 Å². The number of nitrogens with two attached hydrogens (primary N) is 1. The van der Waals surface area contributed by atoms with Crippen LogP contribution in [-0.4, -0.2) is 71.0 Å². The molecule has 0 aromatic heterocycles. The second kappa shape index (κ2) is 13.6. The van der Waals surface area contributed by atoms with Crippen LogP contribution < -0.4 is 11.1 Å². The molecule has 0 rings (SSSR count). The van der Waals surface area contributed by atoms with Gasteiger partial charge in [0.2, 0.25) is 20.8 Å². The summed E-state index contributed by atoms with van der Waals surface area (Å²) in [7, 11) is -7.21. The van der Waals surface area contributed by atoms with Crippen molar-refractivity contribution < 1.29 is 50.5 Å². The van der Waals surface area contributed by atoms with Gasteiger partial charge in [0.05, 0.1) is 27.4 Å². The van der Waals surface area contributed by atoms with E-state index in [1.165, 1.54) is 0 Å². The smallest absolute Gasteiger partial charge is 0.217 e. The summed E-state index contributed by atoms with van der Waals surface area (Å²) < 4.78 is 62.0. The summed E-state index contributed by atoms with van der Waals surface area (Å²) in [6.45, 7) is 4.10. The molecule has 11 nitrogen and oxygen atoms in total. The lowest BCUT2D eigenvalue weighted by molar-refractivity contribution is -0.702. The molecule has 0 saturated heterocycles. The number of hydrogen-bond acceptors (Lipinski definition) is 9. The van der Waals surface area contributed by atoms with E-state index in [2.05, 4.69) is 26.3 Å². The normalized spacial score (nSPS) is 12.6. The fraction of sp³-hybridized carbons (Fsp3) is 1.00. The number of hydrogen-bond donors (Lipinski definition) is 3. The van der Waals surface area contributed by atoms with Gasteiger partial charge in [-0.3, -0.25) is 8.37 Å². The Labute approximate surface area is 119 Å². The van der Waals surface area contributed by atoms with E-state index >= 15 is 0 Å². The van der Waals surface area contributed by atoms with Crippen molar-refractivity contribution in [1.29, 1.82) is 0 Å². The second-order valence-electron chi connectivity index (χ2n) is 3.16. The van der Waals surface area contributed by atoms with E-state index in [-0.39, 0.29) is 6.61 Å². The van der Waals surface area contributed by atoms with E-state index < -0.39 is 20.8 Å². The monoisotopic (exact) mass is 342 g/mol. The molecule has 0 aliphatic heterocycles. The van der Waals surface area contributed by atoms with Gasteiger partial charge in [-0.2, -0.15) is 0 Å². The molecule has 0 amide bonds. The molecule has 1 unspecified atom stereocenters. The van der Waals surface area contributed by atoms with Crippen LogP contribution in [0.15, 0.2) is 0 Å². The van der Waals surface area contributed by atoms with E-state index in [4.69, 9.17) is 5.11 Å². The molecule has 0 aliphatic carbocycles. The van der Waals surface area contributed by atoms with Crippen LogP contribution in [0.3, 0.4) is 0 Å². The molecule has 13 heteroatoms. The minimum Gasteiger partial charge on any atom is -0.726 e. The van der Waals surface area contributed by atoms with E-state index in [0.717, 1.165) is 27.3 Å². The Kier molecular flexibility index (Phi) is 16.7. The summed E-state index contributed by atoms with van der Waals surface area (Å²) in [5.74, 6) is 0. The first-order chi connectivity index (χ1) is 8.93. The van der Waals surface area contributed by atoms with Crippen molar-refractivity contribution in [3.05, 3.63) is 0 Å². The second-order valence-corrected chi connectivity index (χ2v) is 5.46. The van der Waals surface area contributed by atoms with Crippen molar-refractivity contribution in [2.45, 2.75) is 13.0 Å². The Hall–Kier alpha value is -0.380. The van der Waals surface area contributed by atoms with Crippen LogP contribution in [0.2, 0.25) is 0 Å². The van der Waals surface area contributed by atoms with Crippen LogP contribution in [0.4, 0.5) is 0 Å². The van der Waals surface area contributed by atoms with Gasteiger partial charge in [0.25, 0.3) is 0 Å². The van der Waals surface area contributed by atoms with Crippen molar-refractivity contribution >= 4 is 20.8 Å². The predicted molar refractivity (Wildman–Crippen MR) is 64.5 cm³/mol. The maximum Gasteiger partial charge on any atom is 0.217 e. The molecule has 20 heavy (non-hydrogen) atoms. The Morgan fingerprint density at radius 3 is 1.60 bits per heavy atom. The van der Waals surface area contributed by atoms with Crippen LogP contribution in [0.1, 0.15) is 6.92 Å². The van der Waals surface area contributed by atoms with Crippen molar-refractivity contribution in [2.75, 3.05) is 33.9 Å². The highest BCUT2D eigenvalue weighted by atomic mass is 32.3. The average molecular weight is 342 g/mol. The lowest BCUT2D eigenvalue weighted by atomic mass is 10.3. The van der Waals surface area contributed by atoms with Gasteiger partial charge >= 0.3 is 0 Å². The first-order valence-electron chi connectivity index (χ1n) is 5.19. The zero-order valence-corrected chi connectivity index (χ0v) is 13.1. The fourth-order valence-corrected chi connectivity index (χ4v) is 0.477. The lowest BCUT2D eigenvalue weighted by Gasteiger charge is -2.02. The molecular formula is C7H22N2O9S2. The van der Waals surface area contributed by atoms with Crippen LogP contribution >= 0.6 is 0 Å². The van der Waals surface area contributed by atoms with Crippen LogP contribution in [0.5, 0.6) is 0 Å². The molecule has 1 atom stereocenters. The molecule has 6 N–H and O–H groups in total. The summed E-state index contributed by atoms with van der Waals surface area (Å²) in [5.41, 5.74) is 3.73.